The lowest BCUT2D eigenvalue weighted by atomic mass is 10.0. The van der Waals surface area contributed by atoms with E-state index in [2.05, 4.69) is 63.4 Å². The Hall–Kier alpha value is -2.43. The zero-order chi connectivity index (χ0) is 17.7. The van der Waals surface area contributed by atoms with Gasteiger partial charge in [-0.25, -0.2) is 0 Å². The van der Waals surface area contributed by atoms with E-state index < -0.39 is 0 Å². The minimum atomic E-state index is 1.02. The molecule has 5 rings (SSSR count). The van der Waals surface area contributed by atoms with Gasteiger partial charge in [-0.3, -0.25) is 4.98 Å². The molecule has 0 radical (unpaired) electrons. The standard InChI is InChI=1S/C22H21N3S/c1-15-5-6-20-17(10-15)18-12-24(2)9-7-21(18)25(20)22-14-26-13-19(22)16-4-3-8-23-11-16/h3-6,8,10-11,13-14H,7,9,12H2,1-2H3. The van der Waals surface area contributed by atoms with E-state index in [9.17, 15) is 0 Å². The Labute approximate surface area is 157 Å². The number of aryl methyl sites for hydroxylation is 1. The predicted molar refractivity (Wildman–Crippen MR) is 109 cm³/mol. The van der Waals surface area contributed by atoms with E-state index in [0.29, 0.717) is 0 Å². The number of hydrogen-bond acceptors (Lipinski definition) is 3. The number of benzene rings is 1. The number of likely N-dealkylation sites (N-methyl/N-ethyl adjacent to an activating group) is 1. The Morgan fingerprint density at radius 1 is 1.15 bits per heavy atom. The fourth-order valence-corrected chi connectivity index (χ4v) is 4.91. The quantitative estimate of drug-likeness (QED) is 0.499. The fourth-order valence-electron chi connectivity index (χ4n) is 4.08. The molecule has 4 heterocycles. The average Bonchev–Trinajstić information content (AvgIpc) is 3.24. The van der Waals surface area contributed by atoms with Crippen LogP contribution < -0.4 is 0 Å². The zero-order valence-electron chi connectivity index (χ0n) is 15.1. The molecule has 0 fully saturated rings. The van der Waals surface area contributed by atoms with E-state index in [0.717, 1.165) is 19.5 Å². The van der Waals surface area contributed by atoms with Gasteiger partial charge >= 0.3 is 0 Å². The molecule has 4 heteroatoms. The molecule has 1 aliphatic rings. The lowest BCUT2D eigenvalue weighted by Gasteiger charge is -2.24. The summed E-state index contributed by atoms with van der Waals surface area (Å²) in [5.41, 5.74) is 9.32. The van der Waals surface area contributed by atoms with Gasteiger partial charge in [0, 0.05) is 64.9 Å². The van der Waals surface area contributed by atoms with E-state index in [1.165, 1.54) is 44.5 Å². The molecule has 0 bridgehead atoms. The molecule has 0 atom stereocenters. The van der Waals surface area contributed by atoms with Crippen LogP contribution in [0.3, 0.4) is 0 Å². The summed E-state index contributed by atoms with van der Waals surface area (Å²) in [5.74, 6) is 0. The summed E-state index contributed by atoms with van der Waals surface area (Å²) in [7, 11) is 2.22. The molecule has 1 aliphatic heterocycles. The summed E-state index contributed by atoms with van der Waals surface area (Å²) >= 11 is 1.76. The first-order valence-corrected chi connectivity index (χ1v) is 9.95. The van der Waals surface area contributed by atoms with Crippen LogP contribution in [0.4, 0.5) is 0 Å². The molecule has 3 nitrogen and oxygen atoms in total. The number of hydrogen-bond donors (Lipinski definition) is 0. The van der Waals surface area contributed by atoms with Crippen LogP contribution in [0.2, 0.25) is 0 Å². The zero-order valence-corrected chi connectivity index (χ0v) is 15.9. The van der Waals surface area contributed by atoms with Gasteiger partial charge in [-0.1, -0.05) is 17.7 Å². The first-order valence-electron chi connectivity index (χ1n) is 9.00. The maximum atomic E-state index is 4.32. The monoisotopic (exact) mass is 359 g/mol. The molecule has 0 aliphatic carbocycles. The Kier molecular flexibility index (Phi) is 3.69. The third kappa shape index (κ3) is 2.41. The Morgan fingerprint density at radius 3 is 2.92 bits per heavy atom. The lowest BCUT2D eigenvalue weighted by molar-refractivity contribution is 0.311. The van der Waals surface area contributed by atoms with Crippen molar-refractivity contribution in [2.24, 2.45) is 0 Å². The van der Waals surface area contributed by atoms with E-state index in [-0.39, 0.29) is 0 Å². The average molecular weight is 359 g/mol. The SMILES string of the molecule is Cc1ccc2c(c1)c1c(n2-c2cscc2-c2cccnc2)CCN(C)C1. The summed E-state index contributed by atoms with van der Waals surface area (Å²) in [6.07, 6.45) is 4.88. The molecule has 1 aromatic carbocycles. The lowest BCUT2D eigenvalue weighted by Crippen LogP contribution is -2.27. The van der Waals surface area contributed by atoms with E-state index in [4.69, 9.17) is 0 Å². The highest BCUT2D eigenvalue weighted by Crippen LogP contribution is 2.38. The molecule has 3 aromatic heterocycles. The van der Waals surface area contributed by atoms with Crippen molar-refractivity contribution in [1.82, 2.24) is 14.5 Å². The maximum absolute atomic E-state index is 4.32. The second-order valence-corrected chi connectivity index (χ2v) is 7.93. The van der Waals surface area contributed by atoms with Crippen molar-refractivity contribution in [1.29, 1.82) is 0 Å². The number of rotatable bonds is 2. The van der Waals surface area contributed by atoms with Gasteiger partial charge in [0.05, 0.1) is 11.2 Å². The third-order valence-electron chi connectivity index (χ3n) is 5.35. The van der Waals surface area contributed by atoms with Crippen molar-refractivity contribution in [3.63, 3.8) is 0 Å². The molecular weight excluding hydrogens is 338 g/mol. The van der Waals surface area contributed by atoms with Gasteiger partial charge in [0.1, 0.15) is 0 Å². The molecule has 130 valence electrons. The van der Waals surface area contributed by atoms with Crippen LogP contribution in [0.15, 0.2) is 53.5 Å². The summed E-state index contributed by atoms with van der Waals surface area (Å²) in [5, 5.41) is 5.92. The van der Waals surface area contributed by atoms with Crippen LogP contribution in [0.5, 0.6) is 0 Å². The second kappa shape index (κ2) is 6.08. The van der Waals surface area contributed by atoms with Crippen molar-refractivity contribution in [3.05, 3.63) is 70.3 Å². The van der Waals surface area contributed by atoms with Crippen molar-refractivity contribution in [2.75, 3.05) is 13.6 Å². The number of nitrogens with zero attached hydrogens (tertiary/aromatic N) is 3. The largest absolute Gasteiger partial charge is 0.312 e. The van der Waals surface area contributed by atoms with Crippen LogP contribution in [0, 0.1) is 6.92 Å². The molecule has 0 N–H and O–H groups in total. The predicted octanol–water partition coefficient (Wildman–Crippen LogP) is 5.05. The topological polar surface area (TPSA) is 21.1 Å². The minimum absolute atomic E-state index is 1.02. The van der Waals surface area contributed by atoms with Gasteiger partial charge < -0.3 is 9.47 Å². The Balaban J connectivity index is 1.81. The van der Waals surface area contributed by atoms with Gasteiger partial charge in [-0.15, -0.1) is 11.3 Å². The molecule has 4 aromatic rings. The van der Waals surface area contributed by atoms with Crippen LogP contribution in [0.1, 0.15) is 16.8 Å². The third-order valence-corrected chi connectivity index (χ3v) is 6.08. The second-order valence-electron chi connectivity index (χ2n) is 7.18. The van der Waals surface area contributed by atoms with E-state index in [1.807, 2.05) is 18.5 Å². The highest BCUT2D eigenvalue weighted by atomic mass is 32.1. The van der Waals surface area contributed by atoms with E-state index >= 15 is 0 Å². The maximum Gasteiger partial charge on any atom is 0.0644 e. The van der Waals surface area contributed by atoms with Crippen molar-refractivity contribution < 1.29 is 0 Å². The van der Waals surface area contributed by atoms with Crippen LogP contribution in [-0.2, 0) is 13.0 Å². The van der Waals surface area contributed by atoms with Crippen molar-refractivity contribution in [2.45, 2.75) is 19.9 Å². The molecule has 0 saturated heterocycles. The summed E-state index contributed by atoms with van der Waals surface area (Å²) in [6, 6.07) is 11.0. The van der Waals surface area contributed by atoms with Crippen LogP contribution in [0.25, 0.3) is 27.7 Å². The summed E-state index contributed by atoms with van der Waals surface area (Å²) < 4.78 is 2.50. The Morgan fingerprint density at radius 2 is 2.08 bits per heavy atom. The first kappa shape index (κ1) is 15.8. The smallest absolute Gasteiger partial charge is 0.0644 e. The summed E-state index contributed by atoms with van der Waals surface area (Å²) in [6.45, 7) is 4.31. The van der Waals surface area contributed by atoms with Crippen LogP contribution in [-0.4, -0.2) is 28.0 Å². The normalized spacial score (nSPS) is 14.7. The van der Waals surface area contributed by atoms with Crippen LogP contribution >= 0.6 is 11.3 Å². The molecule has 0 saturated carbocycles. The van der Waals surface area contributed by atoms with Gasteiger partial charge in [-0.05, 0) is 37.7 Å². The molecule has 0 unspecified atom stereocenters. The number of fused-ring (bicyclic) bond motifs is 3. The molecular formula is C22H21N3S. The Bertz CT molecular complexity index is 1090. The van der Waals surface area contributed by atoms with Crippen molar-refractivity contribution in [3.8, 4) is 16.8 Å². The number of aromatic nitrogens is 2. The fraction of sp³-hybridized carbons (Fsp3) is 0.227. The van der Waals surface area contributed by atoms with Gasteiger partial charge in [0.15, 0.2) is 0 Å². The highest BCUT2D eigenvalue weighted by molar-refractivity contribution is 7.08. The van der Waals surface area contributed by atoms with Crippen molar-refractivity contribution >= 4 is 22.2 Å². The highest BCUT2D eigenvalue weighted by Gasteiger charge is 2.24. The van der Waals surface area contributed by atoms with Gasteiger partial charge in [0.25, 0.3) is 0 Å². The van der Waals surface area contributed by atoms with E-state index in [1.54, 1.807) is 11.3 Å². The van der Waals surface area contributed by atoms with Gasteiger partial charge in [0.2, 0.25) is 0 Å². The van der Waals surface area contributed by atoms with Gasteiger partial charge in [-0.2, -0.15) is 0 Å². The molecule has 0 spiro atoms. The number of thiophene rings is 1. The molecule has 0 amide bonds. The number of pyridine rings is 1. The minimum Gasteiger partial charge on any atom is -0.312 e. The first-order chi connectivity index (χ1) is 12.7. The summed E-state index contributed by atoms with van der Waals surface area (Å²) in [4.78, 5) is 6.74. The molecule has 26 heavy (non-hydrogen) atoms.